The van der Waals surface area contributed by atoms with Gasteiger partial charge in [0.05, 0.1) is 12.5 Å². The van der Waals surface area contributed by atoms with Crippen molar-refractivity contribution in [2.45, 2.75) is 31.6 Å². The number of hydrogen-bond donors (Lipinski definition) is 0. The van der Waals surface area contributed by atoms with Gasteiger partial charge in [-0.3, -0.25) is 0 Å². The standard InChI is InChI=1S/C12H15ClFNO/c13-8-10-4-6-15-12(11(10)14)16-7-5-9-2-1-3-9/h4,6,9H,1-3,5,7-8H2. The number of halogens is 2. The van der Waals surface area contributed by atoms with Gasteiger partial charge in [0.15, 0.2) is 5.82 Å². The molecule has 0 unspecified atom stereocenters. The SMILES string of the molecule is Fc1c(CCl)ccnc1OCCC1CCC1. The van der Waals surface area contributed by atoms with E-state index in [1.165, 1.54) is 25.5 Å². The number of aromatic nitrogens is 1. The van der Waals surface area contributed by atoms with Gasteiger partial charge >= 0.3 is 0 Å². The Morgan fingerprint density at radius 1 is 1.50 bits per heavy atom. The topological polar surface area (TPSA) is 22.1 Å². The molecule has 88 valence electrons. The monoisotopic (exact) mass is 243 g/mol. The second kappa shape index (κ2) is 5.48. The predicted octanol–water partition coefficient (Wildman–Crippen LogP) is 3.53. The fourth-order valence-electron chi connectivity index (χ4n) is 1.77. The van der Waals surface area contributed by atoms with Gasteiger partial charge in [-0.15, -0.1) is 11.6 Å². The zero-order valence-corrected chi connectivity index (χ0v) is 9.84. The van der Waals surface area contributed by atoms with Crippen LogP contribution in [0, 0.1) is 11.7 Å². The van der Waals surface area contributed by atoms with Crippen molar-refractivity contribution in [1.82, 2.24) is 4.98 Å². The molecule has 1 aromatic rings. The molecule has 0 N–H and O–H groups in total. The van der Waals surface area contributed by atoms with Crippen LogP contribution in [-0.4, -0.2) is 11.6 Å². The fraction of sp³-hybridized carbons (Fsp3) is 0.583. The van der Waals surface area contributed by atoms with Crippen molar-refractivity contribution in [3.05, 3.63) is 23.6 Å². The van der Waals surface area contributed by atoms with E-state index in [4.69, 9.17) is 16.3 Å². The lowest BCUT2D eigenvalue weighted by molar-refractivity contribution is 0.211. The molecule has 2 nitrogen and oxygen atoms in total. The average molecular weight is 244 g/mol. The third-order valence-corrected chi connectivity index (χ3v) is 3.36. The molecule has 16 heavy (non-hydrogen) atoms. The molecule has 0 atom stereocenters. The Hall–Kier alpha value is -0.830. The van der Waals surface area contributed by atoms with Gasteiger partial charge in [0.25, 0.3) is 5.88 Å². The number of hydrogen-bond acceptors (Lipinski definition) is 2. The largest absolute Gasteiger partial charge is 0.476 e. The van der Waals surface area contributed by atoms with Gasteiger partial charge in [-0.2, -0.15) is 0 Å². The summed E-state index contributed by atoms with van der Waals surface area (Å²) in [6, 6.07) is 1.57. The second-order valence-corrected chi connectivity index (χ2v) is 4.42. The minimum absolute atomic E-state index is 0.0810. The molecule has 4 heteroatoms. The number of ether oxygens (including phenoxy) is 1. The summed E-state index contributed by atoms with van der Waals surface area (Å²) in [5, 5.41) is 0. The van der Waals surface area contributed by atoms with Crippen LogP contribution in [0.25, 0.3) is 0 Å². The molecule has 0 aromatic carbocycles. The van der Waals surface area contributed by atoms with Crippen molar-refractivity contribution in [3.63, 3.8) is 0 Å². The number of pyridine rings is 1. The van der Waals surface area contributed by atoms with Crippen LogP contribution in [0.4, 0.5) is 4.39 Å². The summed E-state index contributed by atoms with van der Waals surface area (Å²) in [4.78, 5) is 3.87. The van der Waals surface area contributed by atoms with Gasteiger partial charge in [-0.25, -0.2) is 9.37 Å². The first-order valence-electron chi connectivity index (χ1n) is 5.63. The van der Waals surface area contributed by atoms with Crippen molar-refractivity contribution >= 4 is 11.6 Å². The molecule has 0 saturated heterocycles. The van der Waals surface area contributed by atoms with E-state index in [1.807, 2.05) is 0 Å². The molecule has 0 spiro atoms. The van der Waals surface area contributed by atoms with Crippen LogP contribution in [0.2, 0.25) is 0 Å². The maximum atomic E-state index is 13.6. The molecule has 0 bridgehead atoms. The van der Waals surface area contributed by atoms with Crippen LogP contribution < -0.4 is 4.74 Å². The summed E-state index contributed by atoms with van der Waals surface area (Å²) in [5.41, 5.74) is 0.440. The lowest BCUT2D eigenvalue weighted by Crippen LogP contribution is -2.15. The van der Waals surface area contributed by atoms with E-state index in [0.717, 1.165) is 12.3 Å². The zero-order chi connectivity index (χ0) is 11.4. The summed E-state index contributed by atoms with van der Waals surface area (Å²) in [5.74, 6) is 0.565. The maximum absolute atomic E-state index is 13.6. The average Bonchev–Trinajstić information content (AvgIpc) is 2.24. The Labute approximate surface area is 99.8 Å². The van der Waals surface area contributed by atoms with Crippen LogP contribution in [0.1, 0.15) is 31.2 Å². The van der Waals surface area contributed by atoms with Crippen LogP contribution >= 0.6 is 11.6 Å². The maximum Gasteiger partial charge on any atom is 0.250 e. The van der Waals surface area contributed by atoms with Gasteiger partial charge in [-0.05, 0) is 18.4 Å². The minimum atomic E-state index is -0.425. The van der Waals surface area contributed by atoms with E-state index in [9.17, 15) is 4.39 Å². The summed E-state index contributed by atoms with van der Waals surface area (Å²) in [7, 11) is 0. The Morgan fingerprint density at radius 3 is 2.94 bits per heavy atom. The van der Waals surface area contributed by atoms with Crippen molar-refractivity contribution in [1.29, 1.82) is 0 Å². The van der Waals surface area contributed by atoms with Crippen molar-refractivity contribution in [3.8, 4) is 5.88 Å². The van der Waals surface area contributed by atoms with Crippen LogP contribution in [-0.2, 0) is 5.88 Å². The Morgan fingerprint density at radius 2 is 2.31 bits per heavy atom. The van der Waals surface area contributed by atoms with Crippen molar-refractivity contribution in [2.75, 3.05) is 6.61 Å². The molecule has 1 aliphatic carbocycles. The lowest BCUT2D eigenvalue weighted by Gasteiger charge is -2.24. The highest BCUT2D eigenvalue weighted by atomic mass is 35.5. The van der Waals surface area contributed by atoms with Gasteiger partial charge in [0, 0.05) is 11.8 Å². The molecule has 1 heterocycles. The molecular weight excluding hydrogens is 229 g/mol. The summed E-state index contributed by atoms with van der Waals surface area (Å²) >= 11 is 5.60. The Kier molecular flexibility index (Phi) is 3.99. The van der Waals surface area contributed by atoms with Gasteiger partial charge in [-0.1, -0.05) is 19.3 Å². The first-order chi connectivity index (χ1) is 7.81. The summed E-state index contributed by atoms with van der Waals surface area (Å²) in [6.07, 6.45) is 6.40. The summed E-state index contributed by atoms with van der Waals surface area (Å²) < 4.78 is 19.0. The van der Waals surface area contributed by atoms with Crippen molar-refractivity contribution < 1.29 is 9.13 Å². The van der Waals surface area contributed by atoms with E-state index in [0.29, 0.717) is 12.2 Å². The smallest absolute Gasteiger partial charge is 0.250 e. The van der Waals surface area contributed by atoms with Gasteiger partial charge < -0.3 is 4.74 Å². The summed E-state index contributed by atoms with van der Waals surface area (Å²) in [6.45, 7) is 0.542. The molecule has 0 aliphatic heterocycles. The molecule has 0 amide bonds. The molecule has 2 rings (SSSR count). The van der Waals surface area contributed by atoms with Gasteiger partial charge in [0.2, 0.25) is 0 Å². The molecule has 1 aliphatic rings. The quantitative estimate of drug-likeness (QED) is 0.738. The third kappa shape index (κ3) is 2.64. The van der Waals surface area contributed by atoms with Crippen LogP contribution in [0.15, 0.2) is 12.3 Å². The number of alkyl halides is 1. The highest BCUT2D eigenvalue weighted by Crippen LogP contribution is 2.29. The van der Waals surface area contributed by atoms with Gasteiger partial charge in [0.1, 0.15) is 0 Å². The van der Waals surface area contributed by atoms with E-state index < -0.39 is 5.82 Å². The molecular formula is C12H15ClFNO. The van der Waals surface area contributed by atoms with E-state index in [2.05, 4.69) is 4.98 Å². The first-order valence-corrected chi connectivity index (χ1v) is 6.17. The van der Waals surface area contributed by atoms with Crippen LogP contribution in [0.3, 0.4) is 0 Å². The predicted molar refractivity (Wildman–Crippen MR) is 61.2 cm³/mol. The van der Waals surface area contributed by atoms with E-state index in [1.54, 1.807) is 6.07 Å². The van der Waals surface area contributed by atoms with E-state index >= 15 is 0 Å². The van der Waals surface area contributed by atoms with Crippen molar-refractivity contribution in [2.24, 2.45) is 5.92 Å². The Balaban J connectivity index is 1.87. The first kappa shape index (κ1) is 11.6. The Bertz CT molecular complexity index is 355. The minimum Gasteiger partial charge on any atom is -0.476 e. The number of rotatable bonds is 5. The molecule has 1 saturated carbocycles. The van der Waals surface area contributed by atoms with Crippen LogP contribution in [0.5, 0.6) is 5.88 Å². The molecule has 1 aromatic heterocycles. The second-order valence-electron chi connectivity index (χ2n) is 4.16. The highest BCUT2D eigenvalue weighted by Gasteiger charge is 2.17. The number of nitrogens with zero attached hydrogens (tertiary/aromatic N) is 1. The molecule has 0 radical (unpaired) electrons. The van der Waals surface area contributed by atoms with E-state index in [-0.39, 0.29) is 11.8 Å². The lowest BCUT2D eigenvalue weighted by atomic mass is 9.83. The normalized spacial score (nSPS) is 15.9. The molecule has 1 fully saturated rings. The highest BCUT2D eigenvalue weighted by molar-refractivity contribution is 6.17. The fourth-order valence-corrected chi connectivity index (χ4v) is 1.98. The third-order valence-electron chi connectivity index (χ3n) is 3.07. The zero-order valence-electron chi connectivity index (χ0n) is 9.09.